The van der Waals surface area contributed by atoms with E-state index < -0.39 is 28.5 Å². The topological polar surface area (TPSA) is 105 Å². The fraction of sp³-hybridized carbons (Fsp3) is 0.375. The SMILES string of the molecule is CCS(=O)(=O)N(CC(=O)N(Cc1ccc(Br)cc1)[C@@H](Cc1ccccc1)C(=O)NC1CCCC1)c1ccc2c(c1)OCO2. The van der Waals surface area contributed by atoms with Gasteiger partial charge in [-0.2, -0.15) is 0 Å². The number of halogens is 1. The summed E-state index contributed by atoms with van der Waals surface area (Å²) < 4.78 is 39.6. The average molecular weight is 671 g/mol. The molecule has 0 aromatic heterocycles. The Bertz CT molecular complexity index is 1530. The van der Waals surface area contributed by atoms with Crippen LogP contribution in [0.1, 0.15) is 43.7 Å². The number of amides is 2. The molecule has 228 valence electrons. The van der Waals surface area contributed by atoms with Crippen LogP contribution in [-0.2, 0) is 32.6 Å². The minimum atomic E-state index is -3.88. The van der Waals surface area contributed by atoms with Gasteiger partial charge < -0.3 is 19.7 Å². The van der Waals surface area contributed by atoms with E-state index in [4.69, 9.17) is 9.47 Å². The first-order valence-electron chi connectivity index (χ1n) is 14.5. The van der Waals surface area contributed by atoms with Crippen molar-refractivity contribution in [3.05, 3.63) is 88.4 Å². The van der Waals surface area contributed by atoms with Gasteiger partial charge in [0, 0.05) is 29.5 Å². The fourth-order valence-electron chi connectivity index (χ4n) is 5.47. The molecule has 0 saturated heterocycles. The van der Waals surface area contributed by atoms with E-state index in [0.29, 0.717) is 11.5 Å². The summed E-state index contributed by atoms with van der Waals surface area (Å²) in [4.78, 5) is 29.8. The van der Waals surface area contributed by atoms with Gasteiger partial charge in [0.15, 0.2) is 11.5 Å². The molecule has 0 bridgehead atoms. The Morgan fingerprint density at radius 1 is 0.953 bits per heavy atom. The molecule has 1 heterocycles. The monoisotopic (exact) mass is 669 g/mol. The highest BCUT2D eigenvalue weighted by Gasteiger charge is 2.35. The maximum absolute atomic E-state index is 14.3. The van der Waals surface area contributed by atoms with Crippen molar-refractivity contribution in [2.75, 3.05) is 23.4 Å². The van der Waals surface area contributed by atoms with Crippen molar-refractivity contribution in [3.63, 3.8) is 0 Å². The van der Waals surface area contributed by atoms with Gasteiger partial charge in [0.2, 0.25) is 28.6 Å². The lowest BCUT2D eigenvalue weighted by Crippen LogP contribution is -2.54. The van der Waals surface area contributed by atoms with Crippen molar-refractivity contribution in [2.45, 2.75) is 57.7 Å². The number of ether oxygens (including phenoxy) is 2. The minimum absolute atomic E-state index is 0.0382. The van der Waals surface area contributed by atoms with Crippen molar-refractivity contribution in [2.24, 2.45) is 0 Å². The lowest BCUT2D eigenvalue weighted by molar-refractivity contribution is -0.140. The van der Waals surface area contributed by atoms with Crippen molar-refractivity contribution < 1.29 is 27.5 Å². The number of carbonyl (C=O) groups excluding carboxylic acids is 2. The number of carbonyl (C=O) groups is 2. The van der Waals surface area contributed by atoms with Gasteiger partial charge in [0.1, 0.15) is 12.6 Å². The predicted molar refractivity (Wildman–Crippen MR) is 168 cm³/mol. The predicted octanol–water partition coefficient (Wildman–Crippen LogP) is 5.03. The van der Waals surface area contributed by atoms with E-state index in [9.17, 15) is 18.0 Å². The van der Waals surface area contributed by atoms with Crippen LogP contribution in [0.25, 0.3) is 0 Å². The first kappa shape index (κ1) is 30.9. The molecule has 1 aliphatic carbocycles. The van der Waals surface area contributed by atoms with Crippen LogP contribution in [0.5, 0.6) is 11.5 Å². The van der Waals surface area contributed by atoms with Crippen LogP contribution in [0.15, 0.2) is 77.3 Å². The average Bonchev–Trinajstić information content (AvgIpc) is 3.71. The molecule has 1 aliphatic heterocycles. The van der Waals surface area contributed by atoms with Crippen LogP contribution >= 0.6 is 15.9 Å². The van der Waals surface area contributed by atoms with Gasteiger partial charge in [-0.15, -0.1) is 0 Å². The molecular formula is C32H36BrN3O6S. The van der Waals surface area contributed by atoms with E-state index in [0.717, 1.165) is 45.6 Å². The lowest BCUT2D eigenvalue weighted by Gasteiger charge is -2.34. The van der Waals surface area contributed by atoms with E-state index in [2.05, 4.69) is 21.2 Å². The molecule has 1 N–H and O–H groups in total. The van der Waals surface area contributed by atoms with Gasteiger partial charge in [0.25, 0.3) is 0 Å². The van der Waals surface area contributed by atoms with Crippen molar-refractivity contribution >= 4 is 43.5 Å². The van der Waals surface area contributed by atoms with E-state index >= 15 is 0 Å². The standard InChI is InChI=1S/C32H36BrN3O6S/c1-2-43(39,40)36(27-16-17-29-30(19-27)42-22-41-29)21-31(37)35(20-24-12-14-25(33)15-13-24)28(18-23-8-4-3-5-9-23)32(38)34-26-10-6-7-11-26/h3-5,8-9,12-17,19,26,28H,2,6-7,10-11,18,20-22H2,1H3,(H,34,38)/t28-/m0/s1. The summed E-state index contributed by atoms with van der Waals surface area (Å²) in [6, 6.07) is 21.1. The maximum atomic E-state index is 14.3. The molecule has 0 unspecified atom stereocenters. The van der Waals surface area contributed by atoms with E-state index in [1.54, 1.807) is 18.2 Å². The molecule has 43 heavy (non-hydrogen) atoms. The number of nitrogens with zero attached hydrogens (tertiary/aromatic N) is 2. The second-order valence-corrected chi connectivity index (χ2v) is 13.9. The summed E-state index contributed by atoms with van der Waals surface area (Å²) in [5.74, 6) is -0.0238. The highest BCUT2D eigenvalue weighted by atomic mass is 79.9. The van der Waals surface area contributed by atoms with Crippen molar-refractivity contribution in [1.29, 1.82) is 0 Å². The van der Waals surface area contributed by atoms with Gasteiger partial charge in [0.05, 0.1) is 11.4 Å². The number of nitrogens with one attached hydrogen (secondary N) is 1. The Labute approximate surface area is 261 Å². The third-order valence-corrected chi connectivity index (χ3v) is 10.1. The number of hydrogen-bond donors (Lipinski definition) is 1. The number of anilines is 1. The number of rotatable bonds is 12. The Balaban J connectivity index is 1.51. The molecule has 2 amide bonds. The number of benzene rings is 3. The molecule has 1 fully saturated rings. The molecule has 5 rings (SSSR count). The van der Waals surface area contributed by atoms with E-state index in [1.165, 1.54) is 11.8 Å². The first-order valence-corrected chi connectivity index (χ1v) is 16.9. The van der Waals surface area contributed by atoms with Crippen LogP contribution in [-0.4, -0.2) is 56.3 Å². The normalized spacial score (nSPS) is 15.2. The fourth-order valence-corrected chi connectivity index (χ4v) is 6.79. The van der Waals surface area contributed by atoms with Crippen molar-refractivity contribution in [1.82, 2.24) is 10.2 Å². The second kappa shape index (κ2) is 13.8. The minimum Gasteiger partial charge on any atom is -0.454 e. The summed E-state index contributed by atoms with van der Waals surface area (Å²) in [5, 5.41) is 3.18. The van der Waals surface area contributed by atoms with Crippen LogP contribution in [0.4, 0.5) is 5.69 Å². The summed E-state index contributed by atoms with van der Waals surface area (Å²) in [7, 11) is -3.88. The van der Waals surface area contributed by atoms with Gasteiger partial charge in [-0.25, -0.2) is 8.42 Å². The Kier molecular flexibility index (Phi) is 9.92. The highest BCUT2D eigenvalue weighted by molar-refractivity contribution is 9.10. The molecule has 1 atom stereocenters. The molecule has 3 aromatic rings. The summed E-state index contributed by atoms with van der Waals surface area (Å²) in [6.45, 7) is 1.22. The van der Waals surface area contributed by atoms with E-state index in [-0.39, 0.29) is 43.1 Å². The maximum Gasteiger partial charge on any atom is 0.244 e. The molecular weight excluding hydrogens is 634 g/mol. The zero-order valence-electron chi connectivity index (χ0n) is 24.1. The van der Waals surface area contributed by atoms with E-state index in [1.807, 2.05) is 54.6 Å². The first-order chi connectivity index (χ1) is 20.7. The second-order valence-electron chi connectivity index (χ2n) is 10.8. The van der Waals surface area contributed by atoms with Crippen LogP contribution < -0.4 is 19.1 Å². The Morgan fingerprint density at radius 3 is 2.35 bits per heavy atom. The molecule has 9 nitrogen and oxygen atoms in total. The Hall–Kier alpha value is -3.57. The third kappa shape index (κ3) is 7.69. The lowest BCUT2D eigenvalue weighted by atomic mass is 10.0. The quantitative estimate of drug-likeness (QED) is 0.290. The number of sulfonamides is 1. The van der Waals surface area contributed by atoms with Gasteiger partial charge in [-0.1, -0.05) is 71.2 Å². The zero-order valence-corrected chi connectivity index (χ0v) is 26.5. The highest BCUT2D eigenvalue weighted by Crippen LogP contribution is 2.36. The van der Waals surface area contributed by atoms with Gasteiger partial charge >= 0.3 is 0 Å². The number of hydrogen-bond acceptors (Lipinski definition) is 6. The van der Waals surface area contributed by atoms with Crippen molar-refractivity contribution in [3.8, 4) is 11.5 Å². The van der Waals surface area contributed by atoms with Crippen LogP contribution in [0.2, 0.25) is 0 Å². The molecule has 0 radical (unpaired) electrons. The largest absolute Gasteiger partial charge is 0.454 e. The third-order valence-electron chi connectivity index (χ3n) is 7.86. The summed E-state index contributed by atoms with van der Waals surface area (Å²) in [5.41, 5.74) is 2.01. The molecule has 11 heteroatoms. The molecule has 0 spiro atoms. The molecule has 3 aromatic carbocycles. The van der Waals surface area contributed by atoms with Crippen LogP contribution in [0.3, 0.4) is 0 Å². The zero-order chi connectivity index (χ0) is 30.4. The smallest absolute Gasteiger partial charge is 0.244 e. The number of fused-ring (bicyclic) bond motifs is 1. The summed E-state index contributed by atoms with van der Waals surface area (Å²) >= 11 is 3.46. The van der Waals surface area contributed by atoms with Crippen LogP contribution in [0, 0.1) is 0 Å². The molecule has 2 aliphatic rings. The molecule has 1 saturated carbocycles. The summed E-state index contributed by atoms with van der Waals surface area (Å²) in [6.07, 6.45) is 4.19. The Morgan fingerprint density at radius 2 is 1.65 bits per heavy atom. The van der Waals surface area contributed by atoms with Gasteiger partial charge in [-0.05, 0) is 55.2 Å². The van der Waals surface area contributed by atoms with Gasteiger partial charge in [-0.3, -0.25) is 13.9 Å².